The van der Waals surface area contributed by atoms with Gasteiger partial charge >= 0.3 is 0 Å². The molecule has 2 heterocycles. The van der Waals surface area contributed by atoms with E-state index in [1.54, 1.807) is 0 Å². The van der Waals surface area contributed by atoms with Crippen LogP contribution < -0.4 is 0 Å². The first kappa shape index (κ1) is 15.1. The van der Waals surface area contributed by atoms with Gasteiger partial charge in [-0.25, -0.2) is 0 Å². The molecule has 1 aliphatic heterocycles. The highest BCUT2D eigenvalue weighted by atomic mass is 35.5. The molecule has 1 aliphatic rings. The lowest BCUT2D eigenvalue weighted by Gasteiger charge is -2.33. The second kappa shape index (κ2) is 6.47. The summed E-state index contributed by atoms with van der Waals surface area (Å²) in [4.78, 5) is 2.40. The van der Waals surface area contributed by atoms with Gasteiger partial charge in [-0.1, -0.05) is 25.4 Å². The van der Waals surface area contributed by atoms with Gasteiger partial charge in [0.15, 0.2) is 0 Å². The van der Waals surface area contributed by atoms with Gasteiger partial charge in [0.1, 0.15) is 0 Å². The summed E-state index contributed by atoms with van der Waals surface area (Å²) in [5.74, 6) is 0.607. The van der Waals surface area contributed by atoms with Crippen molar-refractivity contribution in [3.8, 4) is 0 Å². The fourth-order valence-corrected chi connectivity index (χ4v) is 3.26. The quantitative estimate of drug-likeness (QED) is 0.793. The molecule has 2 atom stereocenters. The highest BCUT2D eigenvalue weighted by Gasteiger charge is 2.26. The lowest BCUT2D eigenvalue weighted by Crippen LogP contribution is -2.40. The van der Waals surface area contributed by atoms with Crippen LogP contribution in [0.15, 0.2) is 0 Å². The van der Waals surface area contributed by atoms with E-state index >= 15 is 0 Å². The Balaban J connectivity index is 2.12. The maximum Gasteiger partial charge on any atom is 0.0863 e. The Bertz CT molecular complexity index is 431. The van der Waals surface area contributed by atoms with Crippen LogP contribution in [-0.2, 0) is 19.5 Å². The molecule has 0 aliphatic carbocycles. The van der Waals surface area contributed by atoms with Gasteiger partial charge in [0.2, 0.25) is 0 Å². The second-order valence-electron chi connectivity index (χ2n) is 5.39. The Kier molecular flexibility index (Phi) is 5.15. The molecule has 0 amide bonds. The number of alkyl halides is 1. The molecule has 0 aromatic carbocycles. The van der Waals surface area contributed by atoms with E-state index < -0.39 is 0 Å². The maximum absolute atomic E-state index is 6.45. The Morgan fingerprint density at radius 3 is 2.68 bits per heavy atom. The minimum absolute atomic E-state index is 0.246. The van der Waals surface area contributed by atoms with Crippen LogP contribution in [0.5, 0.6) is 0 Å². The van der Waals surface area contributed by atoms with E-state index in [1.165, 1.54) is 0 Å². The highest BCUT2D eigenvalue weighted by molar-refractivity contribution is 6.31. The zero-order valence-corrected chi connectivity index (χ0v) is 13.5. The van der Waals surface area contributed by atoms with E-state index in [1.807, 2.05) is 4.68 Å². The summed E-state index contributed by atoms with van der Waals surface area (Å²) in [7, 11) is 0. The molecule has 108 valence electrons. The number of halogens is 2. The van der Waals surface area contributed by atoms with Crippen LogP contribution >= 0.6 is 23.2 Å². The van der Waals surface area contributed by atoms with Gasteiger partial charge in [-0.3, -0.25) is 9.58 Å². The van der Waals surface area contributed by atoms with E-state index in [4.69, 9.17) is 23.2 Å². The van der Waals surface area contributed by atoms with Crippen molar-refractivity contribution in [1.29, 1.82) is 0 Å². The topological polar surface area (TPSA) is 21.1 Å². The van der Waals surface area contributed by atoms with E-state index in [-0.39, 0.29) is 5.38 Å². The van der Waals surface area contributed by atoms with Crippen molar-refractivity contribution >= 4 is 23.2 Å². The molecule has 1 fully saturated rings. The number of aromatic nitrogens is 2. The molecule has 3 nitrogen and oxygen atoms in total. The molecule has 0 saturated carbocycles. The van der Waals surface area contributed by atoms with Crippen molar-refractivity contribution in [3.63, 3.8) is 0 Å². The zero-order chi connectivity index (χ0) is 14.0. The average molecular weight is 304 g/mol. The third-order valence-electron chi connectivity index (χ3n) is 4.02. The molecule has 1 aromatic heterocycles. The summed E-state index contributed by atoms with van der Waals surface area (Å²) in [5.41, 5.74) is 2.14. The van der Waals surface area contributed by atoms with Crippen molar-refractivity contribution in [3.05, 3.63) is 16.4 Å². The van der Waals surface area contributed by atoms with E-state index in [2.05, 4.69) is 30.8 Å². The summed E-state index contributed by atoms with van der Waals surface area (Å²) < 4.78 is 2.03. The molecule has 0 bridgehead atoms. The Morgan fingerprint density at radius 2 is 2.11 bits per heavy atom. The number of hydrogen-bond acceptors (Lipinski definition) is 2. The Morgan fingerprint density at radius 1 is 1.37 bits per heavy atom. The lowest BCUT2D eigenvalue weighted by molar-refractivity contribution is 0.185. The standard InChI is InChI=1S/C14H23Cl2N3/c1-4-12-14(16)13(19(5-2)17-12)9-18-7-6-10(3)11(15)8-18/h10-11H,4-9H2,1-3H3. The molecule has 19 heavy (non-hydrogen) atoms. The number of rotatable bonds is 4. The van der Waals surface area contributed by atoms with Crippen LogP contribution in [0.3, 0.4) is 0 Å². The summed E-state index contributed by atoms with van der Waals surface area (Å²) in [6, 6.07) is 0. The smallest absolute Gasteiger partial charge is 0.0863 e. The number of aryl methyl sites for hydroxylation is 2. The predicted octanol–water partition coefficient (Wildman–Crippen LogP) is 3.57. The third-order valence-corrected chi connectivity index (χ3v) is 5.02. The molecule has 0 spiro atoms. The first-order chi connectivity index (χ1) is 9.06. The first-order valence-electron chi connectivity index (χ1n) is 7.17. The van der Waals surface area contributed by atoms with E-state index in [9.17, 15) is 0 Å². The molecule has 1 aromatic rings. The van der Waals surface area contributed by atoms with Crippen molar-refractivity contribution in [1.82, 2.24) is 14.7 Å². The van der Waals surface area contributed by atoms with Gasteiger partial charge in [-0.15, -0.1) is 11.6 Å². The van der Waals surface area contributed by atoms with Gasteiger partial charge in [-0.05, 0) is 32.2 Å². The fraction of sp³-hybridized carbons (Fsp3) is 0.786. The van der Waals surface area contributed by atoms with Crippen LogP contribution in [-0.4, -0.2) is 33.1 Å². The molecule has 2 rings (SSSR count). The van der Waals surface area contributed by atoms with Crippen LogP contribution in [0.1, 0.15) is 38.6 Å². The second-order valence-corrected chi connectivity index (χ2v) is 6.33. The normalized spacial score (nSPS) is 24.9. The van der Waals surface area contributed by atoms with E-state index in [0.717, 1.165) is 55.4 Å². The lowest BCUT2D eigenvalue weighted by atomic mass is 9.98. The average Bonchev–Trinajstić information content (AvgIpc) is 2.70. The van der Waals surface area contributed by atoms with Gasteiger partial charge in [0, 0.05) is 25.0 Å². The third kappa shape index (κ3) is 3.26. The maximum atomic E-state index is 6.45. The molecular formula is C14H23Cl2N3. The number of piperidine rings is 1. The predicted molar refractivity (Wildman–Crippen MR) is 81.0 cm³/mol. The van der Waals surface area contributed by atoms with Crippen LogP contribution in [0.2, 0.25) is 5.02 Å². The molecule has 2 unspecified atom stereocenters. The number of nitrogens with zero attached hydrogens (tertiary/aromatic N) is 3. The number of hydrogen-bond donors (Lipinski definition) is 0. The van der Waals surface area contributed by atoms with Crippen molar-refractivity contribution in [2.24, 2.45) is 5.92 Å². The minimum Gasteiger partial charge on any atom is -0.296 e. The monoisotopic (exact) mass is 303 g/mol. The minimum atomic E-state index is 0.246. The van der Waals surface area contributed by atoms with Gasteiger partial charge in [-0.2, -0.15) is 5.10 Å². The van der Waals surface area contributed by atoms with Crippen LogP contribution in [0.25, 0.3) is 0 Å². The van der Waals surface area contributed by atoms with Crippen LogP contribution in [0, 0.1) is 5.92 Å². The first-order valence-corrected chi connectivity index (χ1v) is 7.98. The SMILES string of the molecule is CCc1nn(CC)c(CN2CCC(C)C(Cl)C2)c1Cl. The Hall–Kier alpha value is -0.250. The molecule has 1 saturated heterocycles. The molecule has 5 heteroatoms. The van der Waals surface area contributed by atoms with Gasteiger partial charge < -0.3 is 0 Å². The molecule has 0 radical (unpaired) electrons. The van der Waals surface area contributed by atoms with Gasteiger partial charge in [0.05, 0.1) is 16.4 Å². The number of likely N-dealkylation sites (tertiary alicyclic amines) is 1. The van der Waals surface area contributed by atoms with Crippen molar-refractivity contribution in [2.75, 3.05) is 13.1 Å². The molecular weight excluding hydrogens is 281 g/mol. The van der Waals surface area contributed by atoms with E-state index in [0.29, 0.717) is 5.92 Å². The largest absolute Gasteiger partial charge is 0.296 e. The zero-order valence-electron chi connectivity index (χ0n) is 12.0. The summed E-state index contributed by atoms with van der Waals surface area (Å²) >= 11 is 12.8. The highest BCUT2D eigenvalue weighted by Crippen LogP contribution is 2.27. The summed E-state index contributed by atoms with van der Waals surface area (Å²) in [6.07, 6.45) is 2.04. The van der Waals surface area contributed by atoms with Gasteiger partial charge in [0.25, 0.3) is 0 Å². The fourth-order valence-electron chi connectivity index (χ4n) is 2.61. The Labute approximate surface area is 125 Å². The molecule has 0 N–H and O–H groups in total. The summed E-state index contributed by atoms with van der Waals surface area (Å²) in [5, 5.41) is 5.66. The van der Waals surface area contributed by atoms with Crippen LogP contribution in [0.4, 0.5) is 0 Å². The van der Waals surface area contributed by atoms with Crippen molar-refractivity contribution < 1.29 is 0 Å². The summed E-state index contributed by atoms with van der Waals surface area (Å²) in [6.45, 7) is 10.2. The van der Waals surface area contributed by atoms with Crippen molar-refractivity contribution in [2.45, 2.75) is 52.1 Å².